The lowest BCUT2D eigenvalue weighted by Crippen LogP contribution is -2.53. The molecule has 3 amide bonds. The predicted octanol–water partition coefficient (Wildman–Crippen LogP) is 6.48. The third kappa shape index (κ3) is 13.4. The minimum atomic E-state index is -0.847. The Bertz CT molecular complexity index is 2390. The number of nitrogens with zero attached hydrogens (tertiary/aromatic N) is 6. The van der Waals surface area contributed by atoms with Crippen LogP contribution in [0.15, 0.2) is 41.9 Å². The van der Waals surface area contributed by atoms with Crippen LogP contribution in [0.25, 0.3) is 33.4 Å². The van der Waals surface area contributed by atoms with Crippen LogP contribution in [0.5, 0.6) is 0 Å². The molecule has 0 aliphatic carbocycles. The van der Waals surface area contributed by atoms with Crippen LogP contribution in [0.4, 0.5) is 0 Å². The number of carbonyl (C=O) groups excluding carboxylic acids is 5. The molecule has 0 saturated carbocycles. The Morgan fingerprint density at radius 2 is 1.93 bits per heavy atom. The van der Waals surface area contributed by atoms with Crippen LogP contribution in [0.3, 0.4) is 0 Å². The lowest BCUT2D eigenvalue weighted by Gasteiger charge is -2.31. The number of methoxy groups -OCH3 is 1. The van der Waals surface area contributed by atoms with Gasteiger partial charge >= 0.3 is 0 Å². The van der Waals surface area contributed by atoms with Gasteiger partial charge in [-0.25, -0.2) is 9.99 Å². The van der Waals surface area contributed by atoms with Gasteiger partial charge in [0, 0.05) is 105 Å². The number of pyridine rings is 1. The Kier molecular flexibility index (Phi) is 19.2. The predicted molar refractivity (Wildman–Crippen MR) is 263 cm³/mol. The van der Waals surface area contributed by atoms with Crippen LogP contribution in [-0.2, 0) is 52.8 Å². The summed E-state index contributed by atoms with van der Waals surface area (Å²) >= 11 is 1.42. The van der Waals surface area contributed by atoms with Gasteiger partial charge in [-0.3, -0.25) is 29.6 Å². The zero-order valence-electron chi connectivity index (χ0n) is 41.0. The quantitative estimate of drug-likeness (QED) is 0.0735. The second-order valence-electron chi connectivity index (χ2n) is 18.6. The lowest BCUT2D eigenvalue weighted by molar-refractivity contribution is -0.141. The summed E-state index contributed by atoms with van der Waals surface area (Å²) in [5.74, 6) is 3.81. The molecule has 2 aliphatic heterocycles. The number of ether oxygens (including phenoxy) is 2. The summed E-state index contributed by atoms with van der Waals surface area (Å²) in [5.41, 5.74) is 9.43. The molecule has 0 bridgehead atoms. The molecular formula is C51H70N8O7S. The maximum absolute atomic E-state index is 13.8. The fraction of sp³-hybridized carbons (Fsp3) is 0.549. The van der Waals surface area contributed by atoms with Crippen LogP contribution >= 0.6 is 11.3 Å². The fourth-order valence-electron chi connectivity index (χ4n) is 8.96. The van der Waals surface area contributed by atoms with Gasteiger partial charge in [0.1, 0.15) is 12.3 Å². The highest BCUT2D eigenvalue weighted by Crippen LogP contribution is 2.42. The van der Waals surface area contributed by atoms with Gasteiger partial charge < -0.3 is 34.0 Å². The van der Waals surface area contributed by atoms with E-state index in [2.05, 4.69) is 78.2 Å². The number of aryl methyl sites for hydroxylation is 1. The highest BCUT2D eigenvalue weighted by atomic mass is 32.1. The fourth-order valence-corrected chi connectivity index (χ4v) is 9.82. The Morgan fingerprint density at radius 3 is 2.55 bits per heavy atom. The molecular weight excluding hydrogens is 869 g/mol. The Hall–Kier alpha value is -5.47. The van der Waals surface area contributed by atoms with E-state index in [1.165, 1.54) is 35.6 Å². The molecule has 3 aromatic heterocycles. The summed E-state index contributed by atoms with van der Waals surface area (Å²) in [7, 11) is 5.42. The molecule has 4 unspecified atom stereocenters. The van der Waals surface area contributed by atoms with Crippen LogP contribution in [0.2, 0.25) is 0 Å². The van der Waals surface area contributed by atoms with Crippen molar-refractivity contribution in [2.45, 2.75) is 112 Å². The van der Waals surface area contributed by atoms with E-state index < -0.39 is 17.5 Å². The number of likely N-dealkylation sites (tertiary alicyclic amines) is 1. The van der Waals surface area contributed by atoms with E-state index in [0.717, 1.165) is 57.5 Å². The number of benzene rings is 1. The van der Waals surface area contributed by atoms with Gasteiger partial charge in [-0.05, 0) is 94.5 Å². The highest BCUT2D eigenvalue weighted by Gasteiger charge is 2.41. The van der Waals surface area contributed by atoms with Crippen molar-refractivity contribution in [2.24, 2.45) is 17.3 Å². The Balaban J connectivity index is 0.00000110. The van der Waals surface area contributed by atoms with E-state index >= 15 is 0 Å². The number of fused-ring (bicyclic) bond motifs is 1. The number of amides is 3. The average Bonchev–Trinajstić information content (AvgIpc) is 4.02. The lowest BCUT2D eigenvalue weighted by atomic mass is 9.84. The van der Waals surface area contributed by atoms with E-state index in [-0.39, 0.29) is 48.7 Å². The number of rotatable bonds is 20. The molecule has 16 heteroatoms. The first kappa shape index (κ1) is 52.5. The molecule has 2 saturated heterocycles. The second kappa shape index (κ2) is 24.5. The normalized spacial score (nSPS) is 16.7. The number of hydrazine groups is 1. The van der Waals surface area contributed by atoms with Crippen molar-refractivity contribution in [3.8, 4) is 34.4 Å². The van der Waals surface area contributed by atoms with Gasteiger partial charge in [0.15, 0.2) is 0 Å². The summed E-state index contributed by atoms with van der Waals surface area (Å²) in [6.07, 6.45) is 6.79. The monoisotopic (exact) mass is 939 g/mol. The minimum Gasteiger partial charge on any atom is -0.467 e. The van der Waals surface area contributed by atoms with E-state index in [1.54, 1.807) is 32.2 Å². The molecule has 4 atom stereocenters. The molecule has 15 nitrogen and oxygen atoms in total. The standard InChI is InChI=1S/C46H58N6O7S.C5H12N2/c1-10-13-40(55)50(8)20-17-31-18-21-52(45(31)57)42(29(3)4)44(56)48-33(25-53)23-39-49-37(26-60-39)32-15-16-38-35(22-32)36(24-46(6,7)27-59-28-54)43(51(38)11-2)34-14-12-19-47-41(34)30(5)58-9;1-7-5-3-2-4-6-7/h12,14-16,19,22,25-26,28-31,33,42H,11,17-18,20-21,23-24,27H2,1-9H3,(H,48,56);6H,2-5H2,1H3. The first-order chi connectivity index (χ1) is 32.1. The summed E-state index contributed by atoms with van der Waals surface area (Å²) in [5, 5.41) is 8.72. The third-order valence-corrected chi connectivity index (χ3v) is 13.4. The molecule has 4 aromatic rings. The molecule has 2 fully saturated rings. The van der Waals surface area contributed by atoms with Crippen molar-refractivity contribution in [3.05, 3.63) is 58.2 Å². The summed E-state index contributed by atoms with van der Waals surface area (Å²) < 4.78 is 13.3. The molecule has 67 heavy (non-hydrogen) atoms. The van der Waals surface area contributed by atoms with Gasteiger partial charge in [0.25, 0.3) is 12.4 Å². The van der Waals surface area contributed by atoms with E-state index in [9.17, 15) is 24.0 Å². The number of nitrogens with one attached hydrogen (secondary N) is 2. The van der Waals surface area contributed by atoms with E-state index in [0.29, 0.717) is 50.4 Å². The Labute approximate surface area is 400 Å². The molecule has 0 radical (unpaired) electrons. The van der Waals surface area contributed by atoms with Gasteiger partial charge in [-0.15, -0.1) is 11.3 Å². The van der Waals surface area contributed by atoms with E-state index in [4.69, 9.17) is 19.4 Å². The molecule has 1 aromatic carbocycles. The largest absolute Gasteiger partial charge is 0.467 e. The molecule has 0 spiro atoms. The van der Waals surface area contributed by atoms with Crippen LogP contribution in [0.1, 0.15) is 96.5 Å². The van der Waals surface area contributed by atoms with Gasteiger partial charge in [-0.2, -0.15) is 0 Å². The van der Waals surface area contributed by atoms with Gasteiger partial charge in [-0.1, -0.05) is 39.7 Å². The van der Waals surface area contributed by atoms with Crippen molar-refractivity contribution in [2.75, 3.05) is 54.0 Å². The SMILES string of the molecule is CC#CC(=O)N(C)CCC1CCN(C(C(=O)NC(C=O)Cc2nc(-c3ccc4c(c3)c(CC(C)(C)COC=O)c(-c3cccnc3C(C)OC)n4CC)cs2)C(C)C)C1=O.CN1CCCCN1. The van der Waals surface area contributed by atoms with Crippen LogP contribution in [0, 0.1) is 29.1 Å². The first-order valence-corrected chi connectivity index (χ1v) is 24.3. The smallest absolute Gasteiger partial charge is 0.298 e. The number of thiazole rings is 1. The van der Waals surface area contributed by atoms with Crippen molar-refractivity contribution >= 4 is 52.7 Å². The molecule has 2 N–H and O–H groups in total. The third-order valence-electron chi connectivity index (χ3n) is 12.5. The second-order valence-corrected chi connectivity index (χ2v) is 19.5. The number of aldehydes is 1. The van der Waals surface area contributed by atoms with Crippen molar-refractivity contribution in [1.29, 1.82) is 0 Å². The minimum absolute atomic E-state index is 0.122. The van der Waals surface area contributed by atoms with Gasteiger partial charge in [0.05, 0.1) is 40.8 Å². The van der Waals surface area contributed by atoms with Crippen molar-refractivity contribution in [3.63, 3.8) is 0 Å². The maximum Gasteiger partial charge on any atom is 0.298 e. The first-order valence-electron chi connectivity index (χ1n) is 23.4. The zero-order valence-corrected chi connectivity index (χ0v) is 41.8. The van der Waals surface area contributed by atoms with E-state index in [1.807, 2.05) is 38.3 Å². The number of hydrogen-bond acceptors (Lipinski definition) is 12. The maximum atomic E-state index is 13.8. The molecule has 6 rings (SSSR count). The molecule has 362 valence electrons. The summed E-state index contributed by atoms with van der Waals surface area (Å²) in [6, 6.07) is 8.71. The Morgan fingerprint density at radius 1 is 1.15 bits per heavy atom. The topological polar surface area (TPSA) is 168 Å². The summed E-state index contributed by atoms with van der Waals surface area (Å²) in [6.45, 7) is 18.2. The van der Waals surface area contributed by atoms with Crippen LogP contribution in [-0.4, -0.2) is 126 Å². The summed E-state index contributed by atoms with van der Waals surface area (Å²) in [4.78, 5) is 75.9. The number of aromatic nitrogens is 3. The number of carbonyl (C=O) groups is 5. The molecule has 2 aliphatic rings. The van der Waals surface area contributed by atoms with Crippen LogP contribution < -0.4 is 10.7 Å². The van der Waals surface area contributed by atoms with Crippen molar-refractivity contribution in [1.82, 2.24) is 40.1 Å². The average molecular weight is 939 g/mol. The van der Waals surface area contributed by atoms with Crippen molar-refractivity contribution < 1.29 is 33.4 Å². The zero-order chi connectivity index (χ0) is 48.8. The highest BCUT2D eigenvalue weighted by molar-refractivity contribution is 7.10. The number of hydrogen-bond donors (Lipinski definition) is 2. The molecule has 5 heterocycles. The van der Waals surface area contributed by atoms with Gasteiger partial charge in [0.2, 0.25) is 11.8 Å².